The molecule has 176 valence electrons. The van der Waals surface area contributed by atoms with Gasteiger partial charge in [0.05, 0.1) is 12.1 Å². The third kappa shape index (κ3) is 4.59. The number of aryl methyl sites for hydroxylation is 1. The molecule has 32 heavy (non-hydrogen) atoms. The number of piperidine rings is 1. The second-order valence-electron chi connectivity index (χ2n) is 7.31. The number of carbonyl (C=O) groups is 3. The smallest absolute Gasteiger partial charge is 0.477 e. The van der Waals surface area contributed by atoms with E-state index in [1.54, 1.807) is 6.92 Å². The van der Waals surface area contributed by atoms with Crippen LogP contribution >= 0.6 is 11.8 Å². The van der Waals surface area contributed by atoms with Crippen LogP contribution in [0.5, 0.6) is 0 Å². The van der Waals surface area contributed by atoms with Crippen molar-refractivity contribution in [2.45, 2.75) is 37.6 Å². The van der Waals surface area contributed by atoms with Gasteiger partial charge in [-0.1, -0.05) is 5.16 Å². The molecule has 3 aliphatic heterocycles. The first-order valence-corrected chi connectivity index (χ1v) is 10.5. The molecule has 4 rings (SSSR count). The fraction of sp³-hybridized carbons (Fsp3) is 0.588. The predicted octanol–water partition coefficient (Wildman–Crippen LogP) is 0.286. The third-order valence-electron chi connectivity index (χ3n) is 5.23. The van der Waals surface area contributed by atoms with Crippen molar-refractivity contribution >= 4 is 29.6 Å². The minimum absolute atomic E-state index is 0.0461. The van der Waals surface area contributed by atoms with E-state index in [2.05, 4.69) is 15.5 Å². The molecule has 1 unspecified atom stereocenters. The number of thioether (sulfide) groups is 1. The van der Waals surface area contributed by atoms with Gasteiger partial charge in [-0.15, -0.1) is 0 Å². The second-order valence-corrected chi connectivity index (χ2v) is 8.34. The quantitative estimate of drug-likeness (QED) is 0.413. The van der Waals surface area contributed by atoms with Crippen molar-refractivity contribution in [3.05, 3.63) is 23.0 Å². The number of carboxylic acid groups (broad SMARTS) is 2. The number of halogens is 3. The number of nitrogens with zero attached hydrogens (tertiary/aromatic N) is 3. The standard InChI is InChI=1S/C15H19N5O4S.C2HF3O2/c1-6-18-13(24-19-6)9(16)5-25-4-8-7-2-3-17-10-11(7)20(14(10)21)12(8)15(22)23;3-2(4,5)1(6)7/h7,9-11,17H,2-5,16H2,1H3,(H,22,23);(H,6,7)/t7?,9-,10-,11+;/m0./s1. The minimum atomic E-state index is -5.08. The molecule has 2 saturated heterocycles. The molecule has 0 aliphatic carbocycles. The molecule has 0 bridgehead atoms. The Kier molecular flexibility index (Phi) is 6.80. The largest absolute Gasteiger partial charge is 0.490 e. The predicted molar refractivity (Wildman–Crippen MR) is 102 cm³/mol. The van der Waals surface area contributed by atoms with E-state index >= 15 is 0 Å². The van der Waals surface area contributed by atoms with Gasteiger partial charge in [0.2, 0.25) is 11.8 Å². The number of carbonyl (C=O) groups excluding carboxylic acids is 1. The van der Waals surface area contributed by atoms with Gasteiger partial charge in [0, 0.05) is 17.4 Å². The molecule has 5 N–H and O–H groups in total. The lowest BCUT2D eigenvalue weighted by molar-refractivity contribution is -0.192. The summed E-state index contributed by atoms with van der Waals surface area (Å²) in [4.78, 5) is 38.4. The number of carboxylic acids is 2. The Labute approximate surface area is 183 Å². The highest BCUT2D eigenvalue weighted by atomic mass is 32.2. The molecule has 0 saturated carbocycles. The number of hydrogen-bond donors (Lipinski definition) is 4. The average Bonchev–Trinajstić information content (AvgIpc) is 3.28. The number of nitrogens with two attached hydrogens (primary N) is 1. The van der Waals surface area contributed by atoms with E-state index < -0.39 is 24.2 Å². The van der Waals surface area contributed by atoms with Crippen LogP contribution in [0.15, 0.2) is 15.8 Å². The summed E-state index contributed by atoms with van der Waals surface area (Å²) in [6.45, 7) is 2.46. The van der Waals surface area contributed by atoms with Gasteiger partial charge in [-0.05, 0) is 25.5 Å². The van der Waals surface area contributed by atoms with Gasteiger partial charge < -0.3 is 25.8 Å². The van der Waals surface area contributed by atoms with Crippen molar-refractivity contribution in [1.82, 2.24) is 20.4 Å². The zero-order valence-corrected chi connectivity index (χ0v) is 17.4. The van der Waals surface area contributed by atoms with Crippen LogP contribution < -0.4 is 11.1 Å². The summed E-state index contributed by atoms with van der Waals surface area (Å²) in [5.41, 5.74) is 7.06. The zero-order chi connectivity index (χ0) is 23.8. The van der Waals surface area contributed by atoms with Crippen LogP contribution in [0.4, 0.5) is 13.2 Å². The van der Waals surface area contributed by atoms with Gasteiger partial charge in [-0.3, -0.25) is 9.69 Å². The monoisotopic (exact) mass is 479 g/mol. The highest BCUT2D eigenvalue weighted by molar-refractivity contribution is 7.99. The van der Waals surface area contributed by atoms with E-state index in [-0.39, 0.29) is 29.6 Å². The average molecular weight is 479 g/mol. The Hall–Kier alpha value is -2.65. The van der Waals surface area contributed by atoms with Crippen LogP contribution in [-0.2, 0) is 14.4 Å². The van der Waals surface area contributed by atoms with Crippen LogP contribution in [0.25, 0.3) is 0 Å². The Balaban J connectivity index is 0.000000360. The lowest BCUT2D eigenvalue weighted by Crippen LogP contribution is -2.71. The molecule has 15 heteroatoms. The molecule has 1 aromatic rings. The van der Waals surface area contributed by atoms with Crippen molar-refractivity contribution in [3.8, 4) is 0 Å². The number of rotatable bonds is 6. The normalized spacial score (nSPS) is 25.0. The van der Waals surface area contributed by atoms with Gasteiger partial charge >= 0.3 is 18.1 Å². The van der Waals surface area contributed by atoms with Crippen molar-refractivity contribution in [2.24, 2.45) is 11.7 Å². The summed E-state index contributed by atoms with van der Waals surface area (Å²) < 4.78 is 36.8. The molecular formula is C17H20F3N5O6S. The Morgan fingerprint density at radius 2 is 2.06 bits per heavy atom. The molecule has 1 aromatic heterocycles. The number of β-lactam (4-membered cyclic amide) rings is 1. The zero-order valence-electron chi connectivity index (χ0n) is 16.6. The first kappa shape index (κ1) is 24.0. The molecule has 0 aromatic carbocycles. The summed E-state index contributed by atoms with van der Waals surface area (Å²) in [6.07, 6.45) is -4.24. The Bertz CT molecular complexity index is 951. The summed E-state index contributed by atoms with van der Waals surface area (Å²) in [5, 5.41) is 23.6. The molecular weight excluding hydrogens is 459 g/mol. The third-order valence-corrected chi connectivity index (χ3v) is 6.34. The summed E-state index contributed by atoms with van der Waals surface area (Å²) in [6, 6.07) is -0.685. The van der Waals surface area contributed by atoms with E-state index in [1.807, 2.05) is 0 Å². The maximum Gasteiger partial charge on any atom is 0.490 e. The minimum Gasteiger partial charge on any atom is -0.477 e. The lowest BCUT2D eigenvalue weighted by atomic mass is 9.80. The fourth-order valence-electron chi connectivity index (χ4n) is 3.91. The second kappa shape index (κ2) is 9.07. The molecule has 4 heterocycles. The first-order valence-electron chi connectivity index (χ1n) is 9.40. The number of aliphatic carboxylic acids is 2. The highest BCUT2D eigenvalue weighted by Crippen LogP contribution is 2.47. The van der Waals surface area contributed by atoms with Gasteiger partial charge in [-0.25, -0.2) is 9.59 Å². The highest BCUT2D eigenvalue weighted by Gasteiger charge is 2.60. The summed E-state index contributed by atoms with van der Waals surface area (Å²) >= 11 is 1.53. The van der Waals surface area contributed by atoms with E-state index in [1.165, 1.54) is 16.7 Å². The van der Waals surface area contributed by atoms with Gasteiger partial charge in [0.15, 0.2) is 5.82 Å². The van der Waals surface area contributed by atoms with E-state index in [0.717, 1.165) is 18.5 Å². The molecule has 2 fully saturated rings. The molecule has 1 amide bonds. The summed E-state index contributed by atoms with van der Waals surface area (Å²) in [7, 11) is 0. The van der Waals surface area contributed by atoms with Gasteiger partial charge in [-0.2, -0.15) is 29.9 Å². The Morgan fingerprint density at radius 3 is 2.59 bits per heavy atom. The van der Waals surface area contributed by atoms with Crippen LogP contribution in [0.1, 0.15) is 24.2 Å². The molecule has 0 radical (unpaired) electrons. The SMILES string of the molecule is Cc1noc([C@@H](N)CSCC2=C(C(=O)O)N3C(=O)[C@H]4NCCC2[C@H]43)n1.O=C(O)C(F)(F)F. The molecule has 3 aliphatic rings. The maximum absolute atomic E-state index is 12.2. The van der Waals surface area contributed by atoms with Crippen molar-refractivity contribution in [2.75, 3.05) is 18.1 Å². The van der Waals surface area contributed by atoms with Crippen LogP contribution in [0.2, 0.25) is 0 Å². The van der Waals surface area contributed by atoms with Crippen molar-refractivity contribution in [1.29, 1.82) is 0 Å². The molecule has 4 atom stereocenters. The Morgan fingerprint density at radius 1 is 1.41 bits per heavy atom. The number of nitrogens with one attached hydrogen (secondary N) is 1. The van der Waals surface area contributed by atoms with Crippen LogP contribution in [-0.4, -0.2) is 79.4 Å². The fourth-order valence-corrected chi connectivity index (χ4v) is 5.00. The lowest BCUT2D eigenvalue weighted by Gasteiger charge is -2.48. The molecule has 11 nitrogen and oxygen atoms in total. The summed E-state index contributed by atoms with van der Waals surface area (Å²) in [5.74, 6) is -1.84. The van der Waals surface area contributed by atoms with E-state index in [4.69, 9.17) is 20.2 Å². The first-order chi connectivity index (χ1) is 14.9. The maximum atomic E-state index is 12.2. The molecule has 0 spiro atoms. The van der Waals surface area contributed by atoms with E-state index in [0.29, 0.717) is 23.2 Å². The van der Waals surface area contributed by atoms with Crippen molar-refractivity contribution in [3.63, 3.8) is 0 Å². The number of amides is 1. The number of hydrogen-bond acceptors (Lipinski definition) is 9. The topological polar surface area (TPSA) is 172 Å². The van der Waals surface area contributed by atoms with E-state index in [9.17, 15) is 27.9 Å². The van der Waals surface area contributed by atoms with Gasteiger partial charge in [0.1, 0.15) is 11.7 Å². The van der Waals surface area contributed by atoms with Crippen molar-refractivity contribution < 1.29 is 42.3 Å². The van der Waals surface area contributed by atoms with Crippen LogP contribution in [0.3, 0.4) is 0 Å². The number of aromatic nitrogens is 2. The number of alkyl halides is 3. The van der Waals surface area contributed by atoms with Crippen LogP contribution in [0, 0.1) is 12.8 Å². The van der Waals surface area contributed by atoms with Gasteiger partial charge in [0.25, 0.3) is 0 Å².